The van der Waals surface area contributed by atoms with Crippen molar-refractivity contribution in [3.63, 3.8) is 0 Å². The van der Waals surface area contributed by atoms with Crippen LogP contribution < -0.4 is 11.3 Å². The van der Waals surface area contributed by atoms with E-state index in [2.05, 4.69) is 26.3 Å². The summed E-state index contributed by atoms with van der Waals surface area (Å²) in [7, 11) is 0. The monoisotopic (exact) mass is 363 g/mol. The maximum absolute atomic E-state index is 13.2. The maximum atomic E-state index is 13.2. The summed E-state index contributed by atoms with van der Waals surface area (Å²) in [6, 6.07) is 3.78. The summed E-state index contributed by atoms with van der Waals surface area (Å²) in [5.41, 5.74) is 1.71. The van der Waals surface area contributed by atoms with Crippen LogP contribution in [0.25, 0.3) is 0 Å². The molecule has 0 aliphatic rings. The fourth-order valence-electron chi connectivity index (χ4n) is 1.95. The maximum Gasteiger partial charge on any atom is 0.416 e. The number of nitrogens with zero attached hydrogens (tertiary/aromatic N) is 1. The van der Waals surface area contributed by atoms with Gasteiger partial charge >= 0.3 is 6.18 Å². The van der Waals surface area contributed by atoms with Crippen LogP contribution in [0.3, 0.4) is 0 Å². The quantitative estimate of drug-likeness (QED) is 0.498. The molecule has 3 N–H and O–H groups in total. The van der Waals surface area contributed by atoms with Crippen molar-refractivity contribution >= 4 is 15.9 Å². The third kappa shape index (κ3) is 3.39. The minimum absolute atomic E-state index is 0.133. The van der Waals surface area contributed by atoms with Gasteiger partial charge in [0.25, 0.3) is 0 Å². The average molecular weight is 364 g/mol. The second kappa shape index (κ2) is 6.08. The Labute approximate surface area is 126 Å². The number of aromatic nitrogens is 1. The Balaban J connectivity index is 2.54. The second-order valence-corrected chi connectivity index (χ2v) is 5.09. The summed E-state index contributed by atoms with van der Waals surface area (Å²) in [5, 5.41) is 0. The van der Waals surface area contributed by atoms with Crippen molar-refractivity contribution in [2.45, 2.75) is 12.2 Å². The van der Waals surface area contributed by atoms with Gasteiger partial charge in [0.15, 0.2) is 0 Å². The molecule has 112 valence electrons. The smallest absolute Gasteiger partial charge is 0.271 e. The van der Waals surface area contributed by atoms with Crippen molar-refractivity contribution in [2.75, 3.05) is 0 Å². The minimum Gasteiger partial charge on any atom is -0.271 e. The first-order valence-electron chi connectivity index (χ1n) is 5.76. The van der Waals surface area contributed by atoms with E-state index >= 15 is 0 Å². The topological polar surface area (TPSA) is 50.9 Å². The lowest BCUT2D eigenvalue weighted by atomic mass is 9.96. The van der Waals surface area contributed by atoms with Gasteiger partial charge in [0, 0.05) is 18.0 Å². The molecule has 0 aliphatic carbocycles. The molecule has 8 heteroatoms. The van der Waals surface area contributed by atoms with Gasteiger partial charge in [-0.1, -0.05) is 6.07 Å². The van der Waals surface area contributed by atoms with Crippen molar-refractivity contribution in [3.8, 4) is 0 Å². The number of nitrogens with one attached hydrogen (secondary N) is 1. The lowest BCUT2D eigenvalue weighted by molar-refractivity contribution is -0.138. The van der Waals surface area contributed by atoms with Crippen LogP contribution >= 0.6 is 15.9 Å². The first-order chi connectivity index (χ1) is 9.84. The highest BCUT2D eigenvalue weighted by Gasteiger charge is 2.35. The first kappa shape index (κ1) is 15.9. The van der Waals surface area contributed by atoms with E-state index in [0.717, 1.165) is 24.5 Å². The zero-order valence-electron chi connectivity index (χ0n) is 10.5. The van der Waals surface area contributed by atoms with Gasteiger partial charge in [0.1, 0.15) is 5.82 Å². The summed E-state index contributed by atoms with van der Waals surface area (Å²) in [5.74, 6) is 4.87. The van der Waals surface area contributed by atoms with Crippen molar-refractivity contribution in [3.05, 3.63) is 63.6 Å². The Hall–Kier alpha value is -1.51. The Kier molecular flexibility index (Phi) is 4.60. The summed E-state index contributed by atoms with van der Waals surface area (Å²) in [6.45, 7) is 0. The van der Waals surface area contributed by atoms with Crippen molar-refractivity contribution in [1.29, 1.82) is 0 Å². The van der Waals surface area contributed by atoms with Crippen LogP contribution in [0, 0.1) is 5.82 Å². The Morgan fingerprint density at radius 3 is 2.52 bits per heavy atom. The molecule has 0 saturated heterocycles. The van der Waals surface area contributed by atoms with Gasteiger partial charge in [-0.05, 0) is 39.7 Å². The molecule has 1 aromatic heterocycles. The molecule has 1 aromatic carbocycles. The van der Waals surface area contributed by atoms with Crippen LogP contribution in [0.1, 0.15) is 22.7 Å². The predicted molar refractivity (Wildman–Crippen MR) is 72.5 cm³/mol. The second-order valence-electron chi connectivity index (χ2n) is 4.23. The first-order valence-corrected chi connectivity index (χ1v) is 6.56. The third-order valence-electron chi connectivity index (χ3n) is 2.91. The fraction of sp³-hybridized carbons (Fsp3) is 0.154. The van der Waals surface area contributed by atoms with Crippen LogP contribution in [-0.2, 0) is 6.18 Å². The van der Waals surface area contributed by atoms with E-state index in [4.69, 9.17) is 5.84 Å². The number of halogens is 5. The van der Waals surface area contributed by atoms with E-state index in [0.29, 0.717) is 5.56 Å². The molecule has 1 unspecified atom stereocenters. The van der Waals surface area contributed by atoms with E-state index in [1.807, 2.05) is 0 Å². The van der Waals surface area contributed by atoms with Crippen LogP contribution in [0.4, 0.5) is 17.6 Å². The average Bonchev–Trinajstić information content (AvgIpc) is 2.43. The Bertz CT molecular complexity index is 646. The lowest BCUT2D eigenvalue weighted by Gasteiger charge is -2.21. The van der Waals surface area contributed by atoms with Crippen LogP contribution in [-0.4, -0.2) is 4.98 Å². The Morgan fingerprint density at radius 1 is 1.24 bits per heavy atom. The molecule has 0 bridgehead atoms. The molecule has 0 saturated carbocycles. The van der Waals surface area contributed by atoms with Gasteiger partial charge in [-0.15, -0.1) is 0 Å². The largest absolute Gasteiger partial charge is 0.416 e. The molecule has 0 radical (unpaired) electrons. The molecule has 1 atom stereocenters. The van der Waals surface area contributed by atoms with Gasteiger partial charge in [-0.3, -0.25) is 10.8 Å². The summed E-state index contributed by atoms with van der Waals surface area (Å²) >= 11 is 2.99. The standard InChI is InChI=1S/C13H10BrF4N3/c14-10-5-7(1-2-11(10)15)12(21-19)8-6-20-4-3-9(8)13(16,17)18/h1-6,12,21H,19H2. The summed E-state index contributed by atoms with van der Waals surface area (Å²) in [6.07, 6.45) is -2.39. The zero-order valence-corrected chi connectivity index (χ0v) is 12.0. The van der Waals surface area contributed by atoms with Crippen LogP contribution in [0.2, 0.25) is 0 Å². The molecule has 2 rings (SSSR count). The van der Waals surface area contributed by atoms with E-state index in [-0.39, 0.29) is 10.0 Å². The van der Waals surface area contributed by atoms with E-state index in [1.165, 1.54) is 12.1 Å². The van der Waals surface area contributed by atoms with Crippen molar-refractivity contribution in [2.24, 2.45) is 5.84 Å². The number of pyridine rings is 1. The molecular formula is C13H10BrF4N3. The highest BCUT2D eigenvalue weighted by Crippen LogP contribution is 2.36. The number of hydrogen-bond donors (Lipinski definition) is 2. The van der Waals surface area contributed by atoms with Gasteiger partial charge in [-0.25, -0.2) is 9.82 Å². The third-order valence-corrected chi connectivity index (χ3v) is 3.52. The van der Waals surface area contributed by atoms with Crippen molar-refractivity contribution < 1.29 is 17.6 Å². The van der Waals surface area contributed by atoms with E-state index in [1.54, 1.807) is 0 Å². The molecule has 3 nitrogen and oxygen atoms in total. The molecule has 0 fully saturated rings. The molecule has 1 heterocycles. The molecule has 0 amide bonds. The lowest BCUT2D eigenvalue weighted by Crippen LogP contribution is -2.30. The molecular weight excluding hydrogens is 354 g/mol. The fourth-order valence-corrected chi connectivity index (χ4v) is 2.35. The number of rotatable bonds is 3. The number of benzene rings is 1. The normalized spacial score (nSPS) is 13.2. The molecule has 0 spiro atoms. The van der Waals surface area contributed by atoms with Crippen molar-refractivity contribution in [1.82, 2.24) is 10.4 Å². The number of hydrogen-bond acceptors (Lipinski definition) is 3. The molecule has 0 aliphatic heterocycles. The molecule has 21 heavy (non-hydrogen) atoms. The van der Waals surface area contributed by atoms with Crippen LogP contribution in [0.15, 0.2) is 41.1 Å². The summed E-state index contributed by atoms with van der Waals surface area (Å²) < 4.78 is 52.5. The Morgan fingerprint density at radius 2 is 1.95 bits per heavy atom. The van der Waals surface area contributed by atoms with Gasteiger partial charge in [-0.2, -0.15) is 13.2 Å². The predicted octanol–water partition coefficient (Wildman–Crippen LogP) is 3.55. The van der Waals surface area contributed by atoms with E-state index < -0.39 is 23.6 Å². The SMILES string of the molecule is NNC(c1ccc(F)c(Br)c1)c1cnccc1C(F)(F)F. The summed E-state index contributed by atoms with van der Waals surface area (Å²) in [4.78, 5) is 3.71. The van der Waals surface area contributed by atoms with E-state index in [9.17, 15) is 17.6 Å². The number of hydrazine groups is 1. The highest BCUT2D eigenvalue weighted by molar-refractivity contribution is 9.10. The number of nitrogens with two attached hydrogens (primary N) is 1. The molecule has 2 aromatic rings. The van der Waals surface area contributed by atoms with Gasteiger partial charge < -0.3 is 0 Å². The minimum atomic E-state index is -4.54. The van der Waals surface area contributed by atoms with Crippen LogP contribution in [0.5, 0.6) is 0 Å². The number of alkyl halides is 3. The zero-order chi connectivity index (χ0) is 15.6. The van der Waals surface area contributed by atoms with Gasteiger partial charge in [0.05, 0.1) is 16.1 Å². The highest BCUT2D eigenvalue weighted by atomic mass is 79.9. The van der Waals surface area contributed by atoms with Gasteiger partial charge in [0.2, 0.25) is 0 Å².